The molecule has 0 bridgehead atoms. The lowest BCUT2D eigenvalue weighted by Gasteiger charge is -2.60. The van der Waals surface area contributed by atoms with Crippen LogP contribution in [-0.4, -0.2) is 27.7 Å². The van der Waals surface area contributed by atoms with Crippen LogP contribution < -0.4 is 0 Å². The first-order valence-electron chi connectivity index (χ1n) is 9.33. The minimum absolute atomic E-state index is 0.0722. The number of ketones is 1. The Morgan fingerprint density at radius 2 is 1.78 bits per heavy atom. The number of carbonyl (C=O) groups is 1. The van der Waals surface area contributed by atoms with Crippen molar-refractivity contribution in [3.8, 4) is 0 Å². The first kappa shape index (κ1) is 15.8. The van der Waals surface area contributed by atoms with Gasteiger partial charge in [-0.1, -0.05) is 19.4 Å². The summed E-state index contributed by atoms with van der Waals surface area (Å²) in [6.45, 7) is 6.56. The fourth-order valence-corrected chi connectivity index (χ4v) is 6.77. The van der Waals surface area contributed by atoms with Gasteiger partial charge in [-0.3, -0.25) is 4.79 Å². The van der Waals surface area contributed by atoms with Crippen molar-refractivity contribution in [3.05, 3.63) is 11.6 Å². The van der Waals surface area contributed by atoms with Crippen LogP contribution in [0.25, 0.3) is 0 Å². The second-order valence-electron chi connectivity index (χ2n) is 9.38. The number of fused-ring (bicyclic) bond motifs is 5. The van der Waals surface area contributed by atoms with E-state index >= 15 is 0 Å². The van der Waals surface area contributed by atoms with E-state index in [1.54, 1.807) is 0 Å². The topological polar surface area (TPSA) is 57.5 Å². The Morgan fingerprint density at radius 1 is 1.09 bits per heavy atom. The third-order valence-corrected chi connectivity index (χ3v) is 8.55. The molecule has 128 valence electrons. The van der Waals surface area contributed by atoms with Gasteiger partial charge in [-0.05, 0) is 80.1 Å². The van der Waals surface area contributed by atoms with Crippen LogP contribution in [0.5, 0.6) is 0 Å². The Labute approximate surface area is 139 Å². The maximum absolute atomic E-state index is 11.9. The number of rotatable bonds is 0. The third kappa shape index (κ3) is 1.93. The van der Waals surface area contributed by atoms with Crippen molar-refractivity contribution in [2.75, 3.05) is 0 Å². The zero-order valence-corrected chi connectivity index (χ0v) is 14.6. The van der Waals surface area contributed by atoms with Gasteiger partial charge < -0.3 is 10.2 Å². The summed E-state index contributed by atoms with van der Waals surface area (Å²) in [5.74, 6) is 1.37. The molecule has 0 aromatic rings. The van der Waals surface area contributed by atoms with E-state index in [0.717, 1.165) is 32.1 Å². The van der Waals surface area contributed by atoms with Gasteiger partial charge in [0, 0.05) is 6.42 Å². The minimum Gasteiger partial charge on any atom is -0.392 e. The fraction of sp³-hybridized carbons (Fsp3) is 0.850. The predicted octanol–water partition coefficient (Wildman–Crippen LogP) is 3.24. The summed E-state index contributed by atoms with van der Waals surface area (Å²) in [6.07, 6.45) is 7.69. The van der Waals surface area contributed by atoms with Crippen LogP contribution in [0.3, 0.4) is 0 Å². The van der Waals surface area contributed by atoms with Gasteiger partial charge in [0.1, 0.15) is 0 Å². The largest absolute Gasteiger partial charge is 0.392 e. The first-order chi connectivity index (χ1) is 10.7. The van der Waals surface area contributed by atoms with Crippen LogP contribution in [0.15, 0.2) is 11.6 Å². The molecule has 2 N–H and O–H groups in total. The number of aliphatic hydroxyl groups is 2. The number of aliphatic hydroxyl groups excluding tert-OH is 1. The Bertz CT molecular complexity index is 577. The van der Waals surface area contributed by atoms with E-state index in [4.69, 9.17) is 0 Å². The molecule has 4 rings (SSSR count). The maximum atomic E-state index is 11.9. The van der Waals surface area contributed by atoms with Gasteiger partial charge in [-0.15, -0.1) is 0 Å². The van der Waals surface area contributed by atoms with Crippen molar-refractivity contribution in [1.82, 2.24) is 0 Å². The van der Waals surface area contributed by atoms with E-state index < -0.39 is 5.60 Å². The zero-order chi connectivity index (χ0) is 16.6. The molecule has 3 fully saturated rings. The summed E-state index contributed by atoms with van der Waals surface area (Å²) in [5, 5.41) is 21.9. The molecule has 4 aliphatic carbocycles. The van der Waals surface area contributed by atoms with Gasteiger partial charge in [-0.2, -0.15) is 0 Å². The highest BCUT2D eigenvalue weighted by Crippen LogP contribution is 2.67. The Balaban J connectivity index is 1.74. The molecule has 0 saturated heterocycles. The monoisotopic (exact) mass is 318 g/mol. The SMILES string of the molecule is CC1(O)CC[C@H]2[C@@H]3C(O)CC4=CC(=O)CC[C@]4(C)[C@H]3CC[C@@]21C. The average molecular weight is 318 g/mol. The van der Waals surface area contributed by atoms with Gasteiger partial charge in [-0.25, -0.2) is 0 Å². The van der Waals surface area contributed by atoms with Crippen molar-refractivity contribution in [3.63, 3.8) is 0 Å². The Kier molecular flexibility index (Phi) is 3.23. The molecule has 23 heavy (non-hydrogen) atoms. The van der Waals surface area contributed by atoms with E-state index in [-0.39, 0.29) is 28.6 Å². The molecule has 3 nitrogen and oxygen atoms in total. The lowest BCUT2D eigenvalue weighted by Crippen LogP contribution is -2.57. The molecule has 4 aliphatic rings. The molecule has 0 aromatic heterocycles. The van der Waals surface area contributed by atoms with E-state index in [0.29, 0.717) is 24.7 Å². The van der Waals surface area contributed by atoms with E-state index in [2.05, 4.69) is 13.8 Å². The summed E-state index contributed by atoms with van der Waals surface area (Å²) in [5.41, 5.74) is 0.586. The summed E-state index contributed by atoms with van der Waals surface area (Å²) in [4.78, 5) is 11.9. The first-order valence-corrected chi connectivity index (χ1v) is 9.33. The molecule has 3 heteroatoms. The molecule has 3 saturated carbocycles. The number of hydrogen-bond acceptors (Lipinski definition) is 3. The van der Waals surface area contributed by atoms with Crippen LogP contribution in [0, 0.1) is 28.6 Å². The summed E-state index contributed by atoms with van der Waals surface area (Å²) in [7, 11) is 0. The predicted molar refractivity (Wildman–Crippen MR) is 88.7 cm³/mol. The van der Waals surface area contributed by atoms with Crippen molar-refractivity contribution < 1.29 is 15.0 Å². The molecule has 0 spiro atoms. The van der Waals surface area contributed by atoms with Gasteiger partial charge >= 0.3 is 0 Å². The fourth-order valence-electron chi connectivity index (χ4n) is 6.77. The molecule has 0 radical (unpaired) electrons. The van der Waals surface area contributed by atoms with Gasteiger partial charge in [0.05, 0.1) is 11.7 Å². The maximum Gasteiger partial charge on any atom is 0.155 e. The van der Waals surface area contributed by atoms with Crippen LogP contribution in [0.1, 0.15) is 65.7 Å². The third-order valence-electron chi connectivity index (χ3n) is 8.55. The summed E-state index contributed by atoms with van der Waals surface area (Å²) in [6, 6.07) is 0. The van der Waals surface area contributed by atoms with Crippen LogP contribution >= 0.6 is 0 Å². The highest BCUT2D eigenvalue weighted by atomic mass is 16.3. The molecule has 0 heterocycles. The Morgan fingerprint density at radius 3 is 2.52 bits per heavy atom. The quantitative estimate of drug-likeness (QED) is 0.721. The summed E-state index contributed by atoms with van der Waals surface area (Å²) >= 11 is 0. The highest BCUT2D eigenvalue weighted by molar-refractivity contribution is 5.91. The molecule has 0 amide bonds. The Hall–Kier alpha value is -0.670. The van der Waals surface area contributed by atoms with Crippen molar-refractivity contribution in [2.24, 2.45) is 28.6 Å². The van der Waals surface area contributed by atoms with Crippen molar-refractivity contribution in [1.29, 1.82) is 0 Å². The molecule has 7 atom stereocenters. The average Bonchev–Trinajstić information content (AvgIpc) is 2.72. The second kappa shape index (κ2) is 4.70. The molecular weight excluding hydrogens is 288 g/mol. The molecule has 0 aromatic carbocycles. The van der Waals surface area contributed by atoms with Gasteiger partial charge in [0.15, 0.2) is 5.78 Å². The van der Waals surface area contributed by atoms with Crippen LogP contribution in [0.2, 0.25) is 0 Å². The summed E-state index contributed by atoms with van der Waals surface area (Å²) < 4.78 is 0. The van der Waals surface area contributed by atoms with Crippen molar-refractivity contribution >= 4 is 5.78 Å². The van der Waals surface area contributed by atoms with E-state index in [1.807, 2.05) is 13.0 Å². The standard InChI is InChI=1S/C20H30O3/c1-18-7-4-13(21)10-12(18)11-16(22)17-14(18)5-8-19(2)15(17)6-9-20(19,3)23/h10,14-17,22-23H,4-9,11H2,1-3H3/t14-,15-,16?,17+,18-,19-,20?/m0/s1. The van der Waals surface area contributed by atoms with E-state index in [9.17, 15) is 15.0 Å². The normalized spacial score (nSPS) is 55.7. The molecular formula is C20H30O3. The van der Waals surface area contributed by atoms with Crippen LogP contribution in [-0.2, 0) is 4.79 Å². The zero-order valence-electron chi connectivity index (χ0n) is 14.6. The van der Waals surface area contributed by atoms with Gasteiger partial charge in [0.25, 0.3) is 0 Å². The lowest BCUT2D eigenvalue weighted by molar-refractivity contribution is -0.147. The number of carbonyl (C=O) groups excluding carboxylic acids is 1. The minimum atomic E-state index is -0.609. The lowest BCUT2D eigenvalue weighted by atomic mass is 9.46. The number of hydrogen-bond donors (Lipinski definition) is 2. The highest BCUT2D eigenvalue weighted by Gasteiger charge is 2.64. The smallest absolute Gasteiger partial charge is 0.155 e. The molecule has 2 unspecified atom stereocenters. The van der Waals surface area contributed by atoms with E-state index in [1.165, 1.54) is 5.57 Å². The van der Waals surface area contributed by atoms with Gasteiger partial charge in [0.2, 0.25) is 0 Å². The molecule has 0 aliphatic heterocycles. The van der Waals surface area contributed by atoms with Crippen molar-refractivity contribution in [2.45, 2.75) is 77.4 Å². The van der Waals surface area contributed by atoms with Crippen LogP contribution in [0.4, 0.5) is 0 Å². The second-order valence-corrected chi connectivity index (χ2v) is 9.38.